The van der Waals surface area contributed by atoms with E-state index < -0.39 is 23.3 Å². The van der Waals surface area contributed by atoms with Gasteiger partial charge in [-0.1, -0.05) is 30.0 Å². The molecular weight excluding hydrogens is 266 g/mol. The molecule has 94 valence electrons. The van der Waals surface area contributed by atoms with Gasteiger partial charge >= 0.3 is 12.4 Å². The first kappa shape index (κ1) is 14.0. The molecule has 0 aliphatic carbocycles. The number of halogens is 6. The van der Waals surface area contributed by atoms with Gasteiger partial charge in [0.25, 0.3) is 0 Å². The van der Waals surface area contributed by atoms with E-state index in [2.05, 4.69) is 0 Å². The van der Waals surface area contributed by atoms with Crippen molar-refractivity contribution < 1.29 is 26.3 Å². The van der Waals surface area contributed by atoms with Crippen molar-refractivity contribution in [1.82, 2.24) is 0 Å². The van der Waals surface area contributed by atoms with Crippen LogP contribution in [0.25, 0.3) is 0 Å². The summed E-state index contributed by atoms with van der Waals surface area (Å²) in [6.45, 7) is 0. The lowest BCUT2D eigenvalue weighted by Crippen LogP contribution is -2.14. The molecule has 0 nitrogen and oxygen atoms in total. The molecular formula is C10H6F6S. The van der Waals surface area contributed by atoms with Crippen molar-refractivity contribution in [2.45, 2.75) is 17.2 Å². The highest BCUT2D eigenvalue weighted by molar-refractivity contribution is 8.03. The van der Waals surface area contributed by atoms with Crippen LogP contribution in [0.1, 0.15) is 0 Å². The van der Waals surface area contributed by atoms with E-state index in [0.29, 0.717) is 0 Å². The largest absolute Gasteiger partial charge is 0.422 e. The fraction of sp³-hybridized carbons (Fsp3) is 0.200. The van der Waals surface area contributed by atoms with Gasteiger partial charge < -0.3 is 0 Å². The van der Waals surface area contributed by atoms with Gasteiger partial charge in [-0.25, -0.2) is 0 Å². The molecule has 7 heteroatoms. The third kappa shape index (κ3) is 5.16. The number of thioether (sulfide) groups is 1. The molecule has 0 radical (unpaired) electrons. The third-order valence-corrected chi connectivity index (χ3v) is 2.62. The minimum Gasteiger partial charge on any atom is -0.167 e. The summed E-state index contributed by atoms with van der Waals surface area (Å²) in [5, 5.41) is 0. The predicted molar refractivity (Wildman–Crippen MR) is 52.5 cm³/mol. The summed E-state index contributed by atoms with van der Waals surface area (Å²) >= 11 is 0.0386. The van der Waals surface area contributed by atoms with Gasteiger partial charge in [-0.05, 0) is 12.1 Å². The summed E-state index contributed by atoms with van der Waals surface area (Å²) in [7, 11) is 0. The van der Waals surface area contributed by atoms with Gasteiger partial charge in [-0.2, -0.15) is 26.3 Å². The highest BCUT2D eigenvalue weighted by Gasteiger charge is 2.39. The fourth-order valence-electron chi connectivity index (χ4n) is 0.933. The molecule has 0 aliphatic heterocycles. The Hall–Kier alpha value is -1.11. The first-order chi connectivity index (χ1) is 7.68. The van der Waals surface area contributed by atoms with Crippen molar-refractivity contribution >= 4 is 11.8 Å². The normalized spacial score (nSPS) is 13.9. The summed E-state index contributed by atoms with van der Waals surface area (Å²) in [6, 6.07) is 7.07. The summed E-state index contributed by atoms with van der Waals surface area (Å²) in [4.78, 5) is -1.59. The fourth-order valence-corrected chi connectivity index (χ4v) is 1.79. The number of allylic oxidation sites excluding steroid dienone is 2. The van der Waals surface area contributed by atoms with Crippen molar-refractivity contribution in [3.8, 4) is 0 Å². The van der Waals surface area contributed by atoms with Crippen LogP contribution in [0.4, 0.5) is 26.3 Å². The zero-order chi connectivity index (χ0) is 13.1. The van der Waals surface area contributed by atoms with Gasteiger partial charge in [-0.15, -0.1) is 0 Å². The average Bonchev–Trinajstić information content (AvgIpc) is 2.15. The zero-order valence-electron chi connectivity index (χ0n) is 8.14. The topological polar surface area (TPSA) is 0 Å². The number of rotatable bonds is 2. The SMILES string of the molecule is FC(F)(F)/C=C(\Sc1ccccc1)C(F)(F)F. The Morgan fingerprint density at radius 3 is 1.88 bits per heavy atom. The molecule has 17 heavy (non-hydrogen) atoms. The van der Waals surface area contributed by atoms with Crippen LogP contribution in [0, 0.1) is 0 Å². The molecule has 0 aromatic heterocycles. The highest BCUT2D eigenvalue weighted by Crippen LogP contribution is 2.40. The van der Waals surface area contributed by atoms with E-state index in [9.17, 15) is 26.3 Å². The smallest absolute Gasteiger partial charge is 0.167 e. The third-order valence-electron chi connectivity index (χ3n) is 1.55. The van der Waals surface area contributed by atoms with E-state index in [-0.39, 0.29) is 16.7 Å². The van der Waals surface area contributed by atoms with Crippen LogP contribution in [0.2, 0.25) is 0 Å². The molecule has 0 spiro atoms. The monoisotopic (exact) mass is 272 g/mol. The minimum absolute atomic E-state index is 0.0386. The maximum atomic E-state index is 12.3. The van der Waals surface area contributed by atoms with Crippen LogP contribution in [0.3, 0.4) is 0 Å². The molecule has 0 aliphatic rings. The number of benzene rings is 1. The van der Waals surface area contributed by atoms with Crippen LogP contribution < -0.4 is 0 Å². The van der Waals surface area contributed by atoms with Gasteiger partial charge in [0.15, 0.2) is 0 Å². The molecule has 0 fully saturated rings. The first-order valence-corrected chi connectivity index (χ1v) is 5.10. The van der Waals surface area contributed by atoms with Crippen LogP contribution >= 0.6 is 11.8 Å². The molecule has 1 aromatic rings. The van der Waals surface area contributed by atoms with E-state index in [4.69, 9.17) is 0 Å². The number of hydrogen-bond donors (Lipinski definition) is 0. The Labute approximate surface area is 97.3 Å². The zero-order valence-corrected chi connectivity index (χ0v) is 8.96. The minimum atomic E-state index is -5.02. The van der Waals surface area contributed by atoms with Crippen molar-refractivity contribution in [3.05, 3.63) is 41.3 Å². The molecule has 0 atom stereocenters. The van der Waals surface area contributed by atoms with Crippen LogP contribution in [-0.4, -0.2) is 12.4 Å². The Morgan fingerprint density at radius 1 is 0.941 bits per heavy atom. The quantitative estimate of drug-likeness (QED) is 0.551. The molecule has 0 N–H and O–H groups in total. The Balaban J connectivity index is 2.99. The molecule has 0 bridgehead atoms. The molecule has 0 saturated heterocycles. The van der Waals surface area contributed by atoms with Gasteiger partial charge in [0, 0.05) is 11.0 Å². The lowest BCUT2D eigenvalue weighted by atomic mass is 10.4. The number of alkyl halides is 6. The van der Waals surface area contributed by atoms with Gasteiger partial charge in [0.1, 0.15) is 0 Å². The van der Waals surface area contributed by atoms with E-state index in [1.54, 1.807) is 6.07 Å². The van der Waals surface area contributed by atoms with Gasteiger partial charge in [0.2, 0.25) is 0 Å². The van der Waals surface area contributed by atoms with Crippen LogP contribution in [0.5, 0.6) is 0 Å². The molecule has 1 rings (SSSR count). The Kier molecular flexibility index (Phi) is 4.13. The van der Waals surface area contributed by atoms with Crippen molar-refractivity contribution in [2.24, 2.45) is 0 Å². The second-order valence-corrected chi connectivity index (χ2v) is 4.08. The second-order valence-electron chi connectivity index (χ2n) is 2.96. The summed E-state index contributed by atoms with van der Waals surface area (Å²) in [5.41, 5.74) is 0. The van der Waals surface area contributed by atoms with E-state index >= 15 is 0 Å². The van der Waals surface area contributed by atoms with E-state index in [1.807, 2.05) is 0 Å². The van der Waals surface area contributed by atoms with Crippen LogP contribution in [0.15, 0.2) is 46.2 Å². The molecule has 0 saturated carbocycles. The summed E-state index contributed by atoms with van der Waals surface area (Å²) < 4.78 is 72.9. The maximum absolute atomic E-state index is 12.3. The molecule has 0 unspecified atom stereocenters. The summed E-state index contributed by atoms with van der Waals surface area (Å²) in [6.07, 6.45) is -10.7. The van der Waals surface area contributed by atoms with Gasteiger partial charge in [0.05, 0.1) is 4.91 Å². The lowest BCUT2D eigenvalue weighted by molar-refractivity contribution is -0.101. The Morgan fingerprint density at radius 2 is 1.47 bits per heavy atom. The maximum Gasteiger partial charge on any atom is 0.422 e. The predicted octanol–water partition coefficient (Wildman–Crippen LogP) is 4.79. The Bertz CT molecular complexity index is 389. The summed E-state index contributed by atoms with van der Waals surface area (Å²) in [5.74, 6) is 0. The average molecular weight is 272 g/mol. The van der Waals surface area contributed by atoms with Gasteiger partial charge in [-0.3, -0.25) is 0 Å². The second kappa shape index (κ2) is 5.03. The van der Waals surface area contributed by atoms with E-state index in [0.717, 1.165) is 0 Å². The lowest BCUT2D eigenvalue weighted by Gasteiger charge is -2.12. The molecule has 1 aromatic carbocycles. The van der Waals surface area contributed by atoms with Crippen LogP contribution in [-0.2, 0) is 0 Å². The standard InChI is InChI=1S/C10H6F6S/c11-9(12,13)6-8(10(14,15)16)17-7-4-2-1-3-5-7/h1-6H/b8-6-. The number of hydrogen-bond acceptors (Lipinski definition) is 1. The molecule has 0 heterocycles. The highest BCUT2D eigenvalue weighted by atomic mass is 32.2. The first-order valence-electron chi connectivity index (χ1n) is 4.28. The van der Waals surface area contributed by atoms with Crippen molar-refractivity contribution in [3.63, 3.8) is 0 Å². The molecule has 0 amide bonds. The van der Waals surface area contributed by atoms with Crippen molar-refractivity contribution in [1.29, 1.82) is 0 Å². The van der Waals surface area contributed by atoms with Crippen molar-refractivity contribution in [2.75, 3.05) is 0 Å². The van der Waals surface area contributed by atoms with E-state index in [1.165, 1.54) is 24.3 Å².